The fourth-order valence-corrected chi connectivity index (χ4v) is 3.54. The molecule has 5 nitrogen and oxygen atoms in total. The Hall–Kier alpha value is -0.820. The smallest absolute Gasteiger partial charge is 0.242 e. The lowest BCUT2D eigenvalue weighted by molar-refractivity contribution is 0.213. The zero-order chi connectivity index (χ0) is 14.3. The first-order valence-electron chi connectivity index (χ1n) is 5.96. The van der Waals surface area contributed by atoms with Gasteiger partial charge in [0.15, 0.2) is 0 Å². The highest BCUT2D eigenvalue weighted by Crippen LogP contribution is 2.44. The largest absolute Gasteiger partial charge is 0.398 e. The van der Waals surface area contributed by atoms with E-state index in [-0.39, 0.29) is 28.5 Å². The molecule has 2 rings (SSSR count). The van der Waals surface area contributed by atoms with Gasteiger partial charge in [0.05, 0.1) is 5.02 Å². The lowest BCUT2D eigenvalue weighted by Crippen LogP contribution is -2.32. The van der Waals surface area contributed by atoms with Crippen molar-refractivity contribution in [3.05, 3.63) is 22.7 Å². The number of hydrogen-bond donors (Lipinski definition) is 3. The van der Waals surface area contributed by atoms with Gasteiger partial charge in [-0.2, -0.15) is 0 Å². The molecule has 0 unspecified atom stereocenters. The van der Waals surface area contributed by atoms with Crippen molar-refractivity contribution < 1.29 is 13.5 Å². The van der Waals surface area contributed by atoms with Crippen molar-refractivity contribution in [3.63, 3.8) is 0 Å². The van der Waals surface area contributed by atoms with Crippen LogP contribution in [0.3, 0.4) is 0 Å². The maximum absolute atomic E-state index is 12.2. The highest BCUT2D eigenvalue weighted by Gasteiger charge is 2.42. The zero-order valence-electron chi connectivity index (χ0n) is 10.6. The zero-order valence-corrected chi connectivity index (χ0v) is 12.2. The van der Waals surface area contributed by atoms with Gasteiger partial charge in [0.1, 0.15) is 4.90 Å². The fourth-order valence-electron chi connectivity index (χ4n) is 1.77. The number of aliphatic hydroxyl groups is 1. The Bertz CT molecular complexity index is 597. The molecule has 106 valence electrons. The lowest BCUT2D eigenvalue weighted by Gasteiger charge is -2.14. The molecule has 1 aromatic carbocycles. The van der Waals surface area contributed by atoms with Gasteiger partial charge in [-0.1, -0.05) is 11.6 Å². The standard InChI is InChI=1S/C12H17ClN2O3S/c1-8-4-9(13)11(5-10(8)14)19(17,18)15-6-12(7-16)2-3-12/h4-5,15-16H,2-3,6-7,14H2,1H3. The molecule has 0 radical (unpaired) electrons. The Morgan fingerprint density at radius 3 is 2.63 bits per heavy atom. The van der Waals surface area contributed by atoms with Gasteiger partial charge >= 0.3 is 0 Å². The summed E-state index contributed by atoms with van der Waals surface area (Å²) in [7, 11) is -3.71. The monoisotopic (exact) mass is 304 g/mol. The Balaban J connectivity index is 2.22. The summed E-state index contributed by atoms with van der Waals surface area (Å²) >= 11 is 5.96. The normalized spacial score (nSPS) is 17.4. The second-order valence-electron chi connectivity index (χ2n) is 5.12. The minimum Gasteiger partial charge on any atom is -0.398 e. The van der Waals surface area contributed by atoms with Crippen LogP contribution in [-0.4, -0.2) is 26.7 Å². The van der Waals surface area contributed by atoms with Crippen molar-refractivity contribution in [2.75, 3.05) is 18.9 Å². The van der Waals surface area contributed by atoms with E-state index in [9.17, 15) is 13.5 Å². The third-order valence-electron chi connectivity index (χ3n) is 3.54. The molecule has 0 amide bonds. The van der Waals surface area contributed by atoms with Gasteiger partial charge in [0.25, 0.3) is 0 Å². The first kappa shape index (κ1) is 14.6. The molecule has 1 aromatic rings. The minimum absolute atomic E-state index is 0.0146. The second kappa shape index (κ2) is 4.94. The number of nitrogens with one attached hydrogen (secondary N) is 1. The number of aryl methyl sites for hydroxylation is 1. The van der Waals surface area contributed by atoms with Gasteiger partial charge in [0.2, 0.25) is 10.0 Å². The van der Waals surface area contributed by atoms with Crippen molar-refractivity contribution >= 4 is 27.3 Å². The van der Waals surface area contributed by atoms with E-state index >= 15 is 0 Å². The van der Waals surface area contributed by atoms with Crippen LogP contribution in [-0.2, 0) is 10.0 Å². The van der Waals surface area contributed by atoms with Gasteiger partial charge in [-0.3, -0.25) is 0 Å². The van der Waals surface area contributed by atoms with E-state index in [1.807, 2.05) is 0 Å². The Kier molecular flexibility index (Phi) is 3.79. The van der Waals surface area contributed by atoms with Gasteiger partial charge < -0.3 is 10.8 Å². The molecular formula is C12H17ClN2O3S. The van der Waals surface area contributed by atoms with E-state index < -0.39 is 10.0 Å². The van der Waals surface area contributed by atoms with Gasteiger partial charge in [-0.05, 0) is 37.5 Å². The van der Waals surface area contributed by atoms with E-state index in [1.165, 1.54) is 12.1 Å². The fraction of sp³-hybridized carbons (Fsp3) is 0.500. The molecular weight excluding hydrogens is 288 g/mol. The summed E-state index contributed by atoms with van der Waals surface area (Å²) in [5, 5.41) is 9.32. The van der Waals surface area contributed by atoms with Crippen LogP contribution < -0.4 is 10.5 Å². The molecule has 1 saturated carbocycles. The predicted molar refractivity (Wildman–Crippen MR) is 74.5 cm³/mol. The van der Waals surface area contributed by atoms with E-state index in [2.05, 4.69) is 4.72 Å². The number of aliphatic hydroxyl groups excluding tert-OH is 1. The van der Waals surface area contributed by atoms with Crippen LogP contribution in [0.15, 0.2) is 17.0 Å². The lowest BCUT2D eigenvalue weighted by atomic mass is 10.1. The SMILES string of the molecule is Cc1cc(Cl)c(S(=O)(=O)NCC2(CO)CC2)cc1N. The summed E-state index contributed by atoms with van der Waals surface area (Å²) in [6.07, 6.45) is 1.66. The number of benzene rings is 1. The van der Waals surface area contributed by atoms with Crippen molar-refractivity contribution in [2.45, 2.75) is 24.7 Å². The van der Waals surface area contributed by atoms with Crippen LogP contribution in [0.25, 0.3) is 0 Å². The molecule has 0 aliphatic heterocycles. The first-order chi connectivity index (χ1) is 8.80. The number of nitrogen functional groups attached to an aromatic ring is 1. The summed E-state index contributed by atoms with van der Waals surface area (Å²) < 4.78 is 26.8. The number of hydrogen-bond acceptors (Lipinski definition) is 4. The Morgan fingerprint density at radius 1 is 1.47 bits per heavy atom. The molecule has 7 heteroatoms. The molecule has 19 heavy (non-hydrogen) atoms. The van der Waals surface area contributed by atoms with Crippen LogP contribution in [0.5, 0.6) is 0 Å². The van der Waals surface area contributed by atoms with Crippen LogP contribution in [0.1, 0.15) is 18.4 Å². The Labute approximate surface area is 117 Å². The molecule has 0 aromatic heterocycles. The molecule has 4 N–H and O–H groups in total. The van der Waals surface area contributed by atoms with Crippen molar-refractivity contribution in [1.82, 2.24) is 4.72 Å². The molecule has 1 aliphatic rings. The van der Waals surface area contributed by atoms with Crippen molar-refractivity contribution in [2.24, 2.45) is 5.41 Å². The maximum Gasteiger partial charge on any atom is 0.242 e. The summed E-state index contributed by atoms with van der Waals surface area (Å²) in [5.41, 5.74) is 6.54. The summed E-state index contributed by atoms with van der Waals surface area (Å²) in [6.45, 7) is 1.96. The summed E-state index contributed by atoms with van der Waals surface area (Å²) in [5.74, 6) is 0. The first-order valence-corrected chi connectivity index (χ1v) is 7.82. The van der Waals surface area contributed by atoms with E-state index in [1.54, 1.807) is 6.92 Å². The molecule has 0 saturated heterocycles. The maximum atomic E-state index is 12.2. The summed E-state index contributed by atoms with van der Waals surface area (Å²) in [6, 6.07) is 2.89. The molecule has 0 bridgehead atoms. The predicted octanol–water partition coefficient (Wildman–Crippen LogP) is 1.28. The highest BCUT2D eigenvalue weighted by molar-refractivity contribution is 7.89. The van der Waals surface area contributed by atoms with Gasteiger partial charge in [-0.25, -0.2) is 13.1 Å². The number of nitrogens with two attached hydrogens (primary N) is 1. The topological polar surface area (TPSA) is 92.4 Å². The Morgan fingerprint density at radius 2 is 2.11 bits per heavy atom. The molecule has 0 heterocycles. The minimum atomic E-state index is -3.71. The van der Waals surface area contributed by atoms with Gasteiger partial charge in [-0.15, -0.1) is 0 Å². The number of sulfonamides is 1. The number of anilines is 1. The van der Waals surface area contributed by atoms with E-state index in [0.717, 1.165) is 18.4 Å². The quantitative estimate of drug-likeness (QED) is 0.715. The second-order valence-corrected chi connectivity index (χ2v) is 7.26. The third-order valence-corrected chi connectivity index (χ3v) is 5.41. The van der Waals surface area contributed by atoms with Crippen LogP contribution in [0.2, 0.25) is 5.02 Å². The molecule has 1 aliphatic carbocycles. The molecule has 1 fully saturated rings. The summed E-state index contributed by atoms with van der Waals surface area (Å²) in [4.78, 5) is -0.0222. The van der Waals surface area contributed by atoms with Crippen LogP contribution in [0.4, 0.5) is 5.69 Å². The van der Waals surface area contributed by atoms with E-state index in [4.69, 9.17) is 17.3 Å². The van der Waals surface area contributed by atoms with Crippen LogP contribution in [0, 0.1) is 12.3 Å². The number of halogens is 1. The van der Waals surface area contributed by atoms with E-state index in [0.29, 0.717) is 5.69 Å². The highest BCUT2D eigenvalue weighted by atomic mass is 35.5. The average Bonchev–Trinajstić information content (AvgIpc) is 3.12. The van der Waals surface area contributed by atoms with Crippen molar-refractivity contribution in [1.29, 1.82) is 0 Å². The van der Waals surface area contributed by atoms with Crippen LogP contribution >= 0.6 is 11.6 Å². The number of rotatable bonds is 5. The average molecular weight is 305 g/mol. The molecule has 0 spiro atoms. The molecule has 0 atom stereocenters. The van der Waals surface area contributed by atoms with Gasteiger partial charge in [0, 0.05) is 24.3 Å². The third kappa shape index (κ3) is 3.02. The van der Waals surface area contributed by atoms with Crippen molar-refractivity contribution in [3.8, 4) is 0 Å².